The van der Waals surface area contributed by atoms with Crippen molar-refractivity contribution in [3.63, 3.8) is 0 Å². The monoisotopic (exact) mass is 306 g/mol. The van der Waals surface area contributed by atoms with Crippen LogP contribution in [0, 0.1) is 0 Å². The normalized spacial score (nSPS) is 24.1. The van der Waals surface area contributed by atoms with Crippen LogP contribution in [0.1, 0.15) is 27.2 Å². The van der Waals surface area contributed by atoms with Gasteiger partial charge >= 0.3 is 0 Å². The zero-order chi connectivity index (χ0) is 12.7. The highest BCUT2D eigenvalue weighted by molar-refractivity contribution is 8.10. The SMILES string of the molecule is CCC1(C(Cl)(Cl)Cl)N=CSN1.CCOCC. The zero-order valence-electron chi connectivity index (χ0n) is 9.60. The van der Waals surface area contributed by atoms with E-state index >= 15 is 0 Å². The van der Waals surface area contributed by atoms with Crippen LogP contribution >= 0.6 is 46.8 Å². The molecule has 0 bridgehead atoms. The van der Waals surface area contributed by atoms with Crippen LogP contribution in [0.3, 0.4) is 0 Å². The van der Waals surface area contributed by atoms with Crippen LogP contribution in [0.2, 0.25) is 0 Å². The van der Waals surface area contributed by atoms with E-state index in [4.69, 9.17) is 39.5 Å². The average molecular weight is 308 g/mol. The molecule has 1 unspecified atom stereocenters. The number of nitrogens with one attached hydrogen (secondary N) is 1. The first kappa shape index (κ1) is 16.8. The summed E-state index contributed by atoms with van der Waals surface area (Å²) in [7, 11) is 0. The molecule has 0 saturated carbocycles. The molecule has 1 aliphatic heterocycles. The second kappa shape index (κ2) is 8.01. The number of ether oxygens (including phenoxy) is 1. The Morgan fingerprint density at radius 1 is 1.31 bits per heavy atom. The first-order valence-corrected chi connectivity index (χ1v) is 7.05. The van der Waals surface area contributed by atoms with Gasteiger partial charge in [0.2, 0.25) is 3.79 Å². The molecule has 0 aromatic carbocycles. The van der Waals surface area contributed by atoms with Gasteiger partial charge in [-0.05, 0) is 32.2 Å². The molecule has 0 amide bonds. The molecule has 1 N–H and O–H groups in total. The highest BCUT2D eigenvalue weighted by Crippen LogP contribution is 2.43. The fourth-order valence-corrected chi connectivity index (χ4v) is 2.65. The van der Waals surface area contributed by atoms with Crippen molar-refractivity contribution < 1.29 is 4.74 Å². The first-order valence-electron chi connectivity index (χ1n) is 5.04. The molecular formula is C9H17Cl3N2OS. The number of aliphatic imine (C=N–C) groups is 1. The lowest BCUT2D eigenvalue weighted by atomic mass is 10.1. The maximum atomic E-state index is 5.74. The van der Waals surface area contributed by atoms with Gasteiger partial charge in [-0.3, -0.25) is 4.99 Å². The molecule has 0 saturated heterocycles. The molecule has 96 valence electrons. The van der Waals surface area contributed by atoms with Crippen molar-refractivity contribution in [1.29, 1.82) is 0 Å². The molecule has 1 atom stereocenters. The first-order chi connectivity index (χ1) is 7.43. The van der Waals surface area contributed by atoms with Crippen molar-refractivity contribution in [2.24, 2.45) is 4.99 Å². The molecule has 0 fully saturated rings. The zero-order valence-corrected chi connectivity index (χ0v) is 12.7. The van der Waals surface area contributed by atoms with Gasteiger partial charge in [0.15, 0.2) is 5.66 Å². The third kappa shape index (κ3) is 4.98. The van der Waals surface area contributed by atoms with Gasteiger partial charge in [0.1, 0.15) is 0 Å². The second-order valence-corrected chi connectivity index (χ2v) is 5.88. The summed E-state index contributed by atoms with van der Waals surface area (Å²) < 4.78 is 6.40. The van der Waals surface area contributed by atoms with Crippen molar-refractivity contribution in [3.05, 3.63) is 0 Å². The van der Waals surface area contributed by atoms with Gasteiger partial charge in [-0.1, -0.05) is 41.7 Å². The van der Waals surface area contributed by atoms with E-state index < -0.39 is 9.46 Å². The summed E-state index contributed by atoms with van der Waals surface area (Å²) in [5.41, 5.74) is 0.897. The Kier molecular flexibility index (Phi) is 8.41. The minimum Gasteiger partial charge on any atom is -0.382 e. The highest BCUT2D eigenvalue weighted by Gasteiger charge is 2.48. The van der Waals surface area contributed by atoms with E-state index in [9.17, 15) is 0 Å². The van der Waals surface area contributed by atoms with Gasteiger partial charge in [0, 0.05) is 13.2 Å². The molecule has 1 aliphatic rings. The van der Waals surface area contributed by atoms with Crippen LogP contribution in [-0.2, 0) is 4.74 Å². The number of nitrogens with zero attached hydrogens (tertiary/aromatic N) is 1. The molecule has 7 heteroatoms. The molecule has 0 aromatic rings. The van der Waals surface area contributed by atoms with Gasteiger partial charge in [-0.25, -0.2) is 4.72 Å². The third-order valence-corrected chi connectivity index (χ3v) is 3.55. The fourth-order valence-electron chi connectivity index (χ4n) is 0.966. The highest BCUT2D eigenvalue weighted by atomic mass is 35.6. The van der Waals surface area contributed by atoms with E-state index in [0.717, 1.165) is 13.2 Å². The van der Waals surface area contributed by atoms with Gasteiger partial charge in [0.25, 0.3) is 0 Å². The molecule has 0 spiro atoms. The van der Waals surface area contributed by atoms with E-state index in [0.29, 0.717) is 6.42 Å². The summed E-state index contributed by atoms with van der Waals surface area (Å²) in [6.07, 6.45) is 0.646. The molecule has 0 radical (unpaired) electrons. The van der Waals surface area contributed by atoms with Crippen LogP contribution in [-0.4, -0.2) is 28.2 Å². The minimum absolute atomic E-state index is 0.646. The largest absolute Gasteiger partial charge is 0.382 e. The van der Waals surface area contributed by atoms with E-state index in [-0.39, 0.29) is 0 Å². The predicted octanol–water partition coefficient (Wildman–Crippen LogP) is 3.79. The van der Waals surface area contributed by atoms with Crippen LogP contribution in [0.15, 0.2) is 4.99 Å². The van der Waals surface area contributed by atoms with Gasteiger partial charge in [-0.2, -0.15) is 0 Å². The molecule has 1 rings (SSSR count). The van der Waals surface area contributed by atoms with Gasteiger partial charge in [-0.15, -0.1) is 0 Å². The quantitative estimate of drug-likeness (QED) is 0.636. The standard InChI is InChI=1S/C5H7Cl3N2S.C4H10O/c1-2-4(5(6,7)8)9-3-11-10-4;1-3-5-4-2/h3,10H,2H2,1H3;3-4H2,1-2H3. The second-order valence-electron chi connectivity index (χ2n) is 2.95. The summed E-state index contributed by atoms with van der Waals surface area (Å²) in [4.78, 5) is 4.09. The molecular weight excluding hydrogens is 291 g/mol. The lowest BCUT2D eigenvalue weighted by molar-refractivity contribution is 0.162. The third-order valence-electron chi connectivity index (χ3n) is 1.94. The van der Waals surface area contributed by atoms with Crippen LogP contribution in [0.4, 0.5) is 0 Å². The number of halogens is 3. The maximum Gasteiger partial charge on any atom is 0.229 e. The predicted molar refractivity (Wildman–Crippen MR) is 74.7 cm³/mol. The number of rotatable bonds is 3. The summed E-state index contributed by atoms with van der Waals surface area (Å²) in [5.74, 6) is 0. The lowest BCUT2D eigenvalue weighted by Crippen LogP contribution is -2.47. The minimum atomic E-state index is -1.39. The van der Waals surface area contributed by atoms with Crippen molar-refractivity contribution in [3.8, 4) is 0 Å². The van der Waals surface area contributed by atoms with Crippen molar-refractivity contribution >= 4 is 52.3 Å². The summed E-state index contributed by atoms with van der Waals surface area (Å²) in [6, 6.07) is 0. The Balaban J connectivity index is 0.000000385. The molecule has 16 heavy (non-hydrogen) atoms. The Bertz CT molecular complexity index is 221. The van der Waals surface area contributed by atoms with E-state index in [1.165, 1.54) is 11.9 Å². The molecule has 1 heterocycles. The Morgan fingerprint density at radius 2 is 1.88 bits per heavy atom. The fraction of sp³-hybridized carbons (Fsp3) is 0.889. The maximum absolute atomic E-state index is 5.74. The summed E-state index contributed by atoms with van der Waals surface area (Å²) >= 11 is 18.6. The number of hydrogen-bond donors (Lipinski definition) is 1. The van der Waals surface area contributed by atoms with E-state index in [1.54, 1.807) is 5.55 Å². The summed E-state index contributed by atoms with van der Waals surface area (Å²) in [6.45, 7) is 7.58. The van der Waals surface area contributed by atoms with Crippen molar-refractivity contribution in [2.75, 3.05) is 13.2 Å². The van der Waals surface area contributed by atoms with Crippen LogP contribution in [0.5, 0.6) is 0 Å². The average Bonchev–Trinajstić information content (AvgIpc) is 2.68. The van der Waals surface area contributed by atoms with Crippen molar-refractivity contribution in [2.45, 2.75) is 36.6 Å². The topological polar surface area (TPSA) is 33.6 Å². The molecule has 0 aliphatic carbocycles. The van der Waals surface area contributed by atoms with Gasteiger partial charge < -0.3 is 4.74 Å². The Labute approximate surface area is 116 Å². The molecule has 0 aromatic heterocycles. The van der Waals surface area contributed by atoms with Gasteiger partial charge in [0.05, 0.1) is 5.55 Å². The Morgan fingerprint density at radius 3 is 2.00 bits per heavy atom. The van der Waals surface area contributed by atoms with Crippen molar-refractivity contribution in [1.82, 2.24) is 4.72 Å². The van der Waals surface area contributed by atoms with Crippen LogP contribution < -0.4 is 4.72 Å². The summed E-state index contributed by atoms with van der Waals surface area (Å²) in [5, 5.41) is 0. The Hall–Kier alpha value is 0.810. The van der Waals surface area contributed by atoms with E-state index in [2.05, 4.69) is 9.71 Å². The van der Waals surface area contributed by atoms with E-state index in [1.807, 2.05) is 20.8 Å². The number of hydrogen-bond acceptors (Lipinski definition) is 4. The van der Waals surface area contributed by atoms with Crippen LogP contribution in [0.25, 0.3) is 0 Å². The molecule has 3 nitrogen and oxygen atoms in total. The number of alkyl halides is 3. The lowest BCUT2D eigenvalue weighted by Gasteiger charge is -2.31. The smallest absolute Gasteiger partial charge is 0.229 e.